The van der Waals surface area contributed by atoms with Gasteiger partial charge in [-0.05, 0) is 30.7 Å². The number of rotatable bonds is 4. The van der Waals surface area contributed by atoms with Gasteiger partial charge >= 0.3 is 0 Å². The van der Waals surface area contributed by atoms with Gasteiger partial charge in [0.1, 0.15) is 17.2 Å². The van der Waals surface area contributed by atoms with Crippen molar-refractivity contribution in [1.82, 2.24) is 19.5 Å². The van der Waals surface area contributed by atoms with Gasteiger partial charge in [-0.15, -0.1) is 0 Å². The summed E-state index contributed by atoms with van der Waals surface area (Å²) in [6, 6.07) is 16.0. The lowest BCUT2D eigenvalue weighted by atomic mass is 10.2. The summed E-state index contributed by atoms with van der Waals surface area (Å²) >= 11 is 6.42. The topological polar surface area (TPSA) is 43.6 Å². The van der Waals surface area contributed by atoms with Gasteiger partial charge in [-0.3, -0.25) is 0 Å². The molecule has 2 heterocycles. The molecule has 4 aromatic rings. The maximum absolute atomic E-state index is 13.3. The van der Waals surface area contributed by atoms with Gasteiger partial charge in [-0.25, -0.2) is 19.3 Å². The van der Waals surface area contributed by atoms with Crippen molar-refractivity contribution in [2.45, 2.75) is 19.9 Å². The third-order valence-corrected chi connectivity index (χ3v) is 4.40. The first-order valence-electron chi connectivity index (χ1n) is 8.42. The highest BCUT2D eigenvalue weighted by Gasteiger charge is 2.18. The summed E-state index contributed by atoms with van der Waals surface area (Å²) in [5.41, 5.74) is 2.95. The molecular weight excluding hydrogens is 351 g/mol. The monoisotopic (exact) mass is 366 g/mol. The van der Waals surface area contributed by atoms with Gasteiger partial charge in [-0.2, -0.15) is 0 Å². The molecule has 4 rings (SSSR count). The summed E-state index contributed by atoms with van der Waals surface area (Å²) in [7, 11) is 0. The second-order valence-corrected chi connectivity index (χ2v) is 6.33. The van der Waals surface area contributed by atoms with Crippen LogP contribution in [0.3, 0.4) is 0 Å². The summed E-state index contributed by atoms with van der Waals surface area (Å²) in [6.07, 6.45) is 0.905. The van der Waals surface area contributed by atoms with Crippen LogP contribution in [0.5, 0.6) is 0 Å². The Morgan fingerprint density at radius 1 is 0.923 bits per heavy atom. The van der Waals surface area contributed by atoms with Crippen LogP contribution in [0.15, 0.2) is 54.6 Å². The molecule has 4 nitrogen and oxygen atoms in total. The lowest BCUT2D eigenvalue weighted by Crippen LogP contribution is -2.02. The Morgan fingerprint density at radius 2 is 1.65 bits per heavy atom. The fourth-order valence-electron chi connectivity index (χ4n) is 2.94. The molecule has 0 N–H and O–H groups in total. The SMILES string of the molecule is CCCn1c(-c2ccc(F)cc2)nc2c(Cl)nc(-c3ccccc3)nc21. The Kier molecular flexibility index (Phi) is 4.39. The minimum Gasteiger partial charge on any atom is -0.309 e. The summed E-state index contributed by atoms with van der Waals surface area (Å²) < 4.78 is 15.3. The predicted octanol–water partition coefficient (Wildman–Crippen LogP) is 5.36. The van der Waals surface area contributed by atoms with Crippen LogP contribution in [-0.2, 0) is 6.54 Å². The Morgan fingerprint density at radius 3 is 2.35 bits per heavy atom. The van der Waals surface area contributed by atoms with E-state index in [-0.39, 0.29) is 5.82 Å². The standard InChI is InChI=1S/C20H16ClFN4/c1-2-12-26-19(14-8-10-15(22)11-9-14)23-16-17(21)24-18(25-20(16)26)13-6-4-3-5-7-13/h3-11H,2,12H2,1H3. The second kappa shape index (κ2) is 6.84. The zero-order chi connectivity index (χ0) is 18.1. The van der Waals surface area contributed by atoms with Crippen molar-refractivity contribution in [1.29, 1.82) is 0 Å². The molecule has 6 heteroatoms. The van der Waals surface area contributed by atoms with Crippen molar-refractivity contribution in [3.05, 3.63) is 65.6 Å². The average Bonchev–Trinajstić information content (AvgIpc) is 3.03. The van der Waals surface area contributed by atoms with Gasteiger partial charge < -0.3 is 4.57 Å². The Bertz CT molecular complexity index is 1060. The number of nitrogens with zero attached hydrogens (tertiary/aromatic N) is 4. The van der Waals surface area contributed by atoms with Crippen LogP contribution >= 0.6 is 11.6 Å². The largest absolute Gasteiger partial charge is 0.309 e. The third kappa shape index (κ3) is 2.95. The van der Waals surface area contributed by atoms with Crippen LogP contribution < -0.4 is 0 Å². The molecule has 130 valence electrons. The highest BCUT2D eigenvalue weighted by atomic mass is 35.5. The van der Waals surface area contributed by atoms with E-state index in [1.165, 1.54) is 12.1 Å². The van der Waals surface area contributed by atoms with Crippen molar-refractivity contribution in [3.63, 3.8) is 0 Å². The second-order valence-electron chi connectivity index (χ2n) is 5.97. The minimum absolute atomic E-state index is 0.281. The van der Waals surface area contributed by atoms with Crippen molar-refractivity contribution >= 4 is 22.8 Å². The Labute approximate surface area is 155 Å². The lowest BCUT2D eigenvalue weighted by molar-refractivity contribution is 0.628. The van der Waals surface area contributed by atoms with Crippen molar-refractivity contribution in [3.8, 4) is 22.8 Å². The van der Waals surface area contributed by atoms with Crippen LogP contribution in [0.1, 0.15) is 13.3 Å². The van der Waals surface area contributed by atoms with Gasteiger partial charge in [0, 0.05) is 17.7 Å². The molecular formula is C20H16ClFN4. The van der Waals surface area contributed by atoms with E-state index >= 15 is 0 Å². The summed E-state index contributed by atoms with van der Waals surface area (Å²) in [4.78, 5) is 13.8. The molecule has 2 aromatic carbocycles. The lowest BCUT2D eigenvalue weighted by Gasteiger charge is -2.08. The fraction of sp³-hybridized carbons (Fsp3) is 0.150. The molecule has 0 bridgehead atoms. The van der Waals surface area contributed by atoms with Gasteiger partial charge in [0.25, 0.3) is 0 Å². The van der Waals surface area contributed by atoms with Crippen molar-refractivity contribution in [2.75, 3.05) is 0 Å². The maximum Gasteiger partial charge on any atom is 0.166 e. The summed E-state index contributed by atoms with van der Waals surface area (Å²) in [5.74, 6) is 0.991. The molecule has 0 spiro atoms. The van der Waals surface area contributed by atoms with Crippen LogP contribution in [0.25, 0.3) is 33.9 Å². The van der Waals surface area contributed by atoms with E-state index in [0.717, 1.165) is 24.1 Å². The van der Waals surface area contributed by atoms with E-state index in [1.54, 1.807) is 12.1 Å². The van der Waals surface area contributed by atoms with E-state index in [4.69, 9.17) is 16.6 Å². The summed E-state index contributed by atoms with van der Waals surface area (Å²) in [6.45, 7) is 2.81. The van der Waals surface area contributed by atoms with Gasteiger partial charge in [0.2, 0.25) is 0 Å². The molecule has 0 saturated carbocycles. The molecule has 0 aliphatic carbocycles. The molecule has 0 amide bonds. The van der Waals surface area contributed by atoms with Gasteiger partial charge in [0.05, 0.1) is 0 Å². The number of aromatic nitrogens is 4. The first-order chi connectivity index (χ1) is 12.7. The number of aryl methyl sites for hydroxylation is 1. The first-order valence-corrected chi connectivity index (χ1v) is 8.80. The zero-order valence-corrected chi connectivity index (χ0v) is 14.9. The average molecular weight is 367 g/mol. The number of imidazole rings is 1. The third-order valence-electron chi connectivity index (χ3n) is 4.13. The maximum atomic E-state index is 13.3. The molecule has 0 atom stereocenters. The van der Waals surface area contributed by atoms with Crippen LogP contribution in [-0.4, -0.2) is 19.5 Å². The van der Waals surface area contributed by atoms with Crippen LogP contribution in [0, 0.1) is 5.82 Å². The summed E-state index contributed by atoms with van der Waals surface area (Å²) in [5, 5.41) is 0.312. The van der Waals surface area contributed by atoms with E-state index in [9.17, 15) is 4.39 Å². The molecule has 0 saturated heterocycles. The number of fused-ring (bicyclic) bond motifs is 1. The zero-order valence-electron chi connectivity index (χ0n) is 14.2. The molecule has 2 aromatic heterocycles. The molecule has 0 fully saturated rings. The highest BCUT2D eigenvalue weighted by molar-refractivity contribution is 6.33. The number of halogens is 2. The smallest absolute Gasteiger partial charge is 0.166 e. The molecule has 26 heavy (non-hydrogen) atoms. The normalized spacial score (nSPS) is 11.2. The van der Waals surface area contributed by atoms with Crippen LogP contribution in [0.2, 0.25) is 5.15 Å². The Hall–Kier alpha value is -2.79. The molecule has 0 unspecified atom stereocenters. The van der Waals surface area contributed by atoms with Crippen molar-refractivity contribution < 1.29 is 4.39 Å². The minimum atomic E-state index is -0.281. The van der Waals surface area contributed by atoms with Crippen molar-refractivity contribution in [2.24, 2.45) is 0 Å². The quantitative estimate of drug-likeness (QED) is 0.456. The van der Waals surface area contributed by atoms with E-state index in [2.05, 4.69) is 16.9 Å². The fourth-order valence-corrected chi connectivity index (χ4v) is 3.15. The first kappa shape index (κ1) is 16.7. The molecule has 0 aliphatic heterocycles. The predicted molar refractivity (Wildman–Crippen MR) is 101 cm³/mol. The number of hydrogen-bond acceptors (Lipinski definition) is 3. The van der Waals surface area contributed by atoms with Gasteiger partial charge in [0.15, 0.2) is 16.6 Å². The number of hydrogen-bond donors (Lipinski definition) is 0. The van der Waals surface area contributed by atoms with E-state index in [1.807, 2.05) is 34.9 Å². The number of benzene rings is 2. The Balaban J connectivity index is 1.95. The van der Waals surface area contributed by atoms with E-state index < -0.39 is 0 Å². The molecule has 0 radical (unpaired) electrons. The van der Waals surface area contributed by atoms with E-state index in [0.29, 0.717) is 28.0 Å². The molecule has 0 aliphatic rings. The highest BCUT2D eigenvalue weighted by Crippen LogP contribution is 2.29. The van der Waals surface area contributed by atoms with Gasteiger partial charge in [-0.1, -0.05) is 48.9 Å². The van der Waals surface area contributed by atoms with Crippen LogP contribution in [0.4, 0.5) is 4.39 Å².